The number of carbonyl (C=O) groups excluding carboxylic acids is 1. The van der Waals surface area contributed by atoms with E-state index in [9.17, 15) is 23.1 Å². The Bertz CT molecular complexity index is 875. The molecule has 0 unspecified atom stereocenters. The normalized spacial score (nSPS) is 30.6. The number of benzene rings is 1. The molecule has 3 aliphatic rings. The van der Waals surface area contributed by atoms with Gasteiger partial charge in [0.2, 0.25) is 15.9 Å². The van der Waals surface area contributed by atoms with Crippen molar-refractivity contribution in [3.05, 3.63) is 42.5 Å². The smallest absolute Gasteiger partial charge is 0.307 e. The molecule has 0 spiro atoms. The Balaban J connectivity index is 1.44. The summed E-state index contributed by atoms with van der Waals surface area (Å²) in [6.07, 6.45) is 4.59. The van der Waals surface area contributed by atoms with Crippen molar-refractivity contribution in [2.45, 2.75) is 11.3 Å². The highest BCUT2D eigenvalue weighted by Crippen LogP contribution is 2.48. The van der Waals surface area contributed by atoms with E-state index in [1.165, 1.54) is 4.31 Å². The highest BCUT2D eigenvalue weighted by Gasteiger charge is 2.52. The lowest BCUT2D eigenvalue weighted by molar-refractivity contribution is -0.151. The Morgan fingerprint density at radius 3 is 2.11 bits per heavy atom. The zero-order valence-corrected chi connectivity index (χ0v) is 15.6. The fourth-order valence-corrected chi connectivity index (χ4v) is 6.04. The maximum Gasteiger partial charge on any atom is 0.307 e. The summed E-state index contributed by atoms with van der Waals surface area (Å²) in [5.41, 5.74) is 0. The van der Waals surface area contributed by atoms with Gasteiger partial charge in [-0.3, -0.25) is 9.59 Å². The van der Waals surface area contributed by atoms with Crippen LogP contribution in [0.1, 0.15) is 6.42 Å². The number of carboxylic acids is 1. The van der Waals surface area contributed by atoms with Crippen LogP contribution in [-0.4, -0.2) is 60.8 Å². The maximum atomic E-state index is 13.0. The zero-order chi connectivity index (χ0) is 19.2. The topological polar surface area (TPSA) is 95.0 Å². The second-order valence-electron chi connectivity index (χ2n) is 7.38. The molecule has 1 saturated heterocycles. The third-order valence-corrected chi connectivity index (χ3v) is 7.87. The molecular formula is C19H22N2O5S. The second-order valence-corrected chi connectivity index (χ2v) is 9.32. The number of allylic oxidation sites excluding steroid dienone is 2. The van der Waals surface area contributed by atoms with Gasteiger partial charge in [-0.05, 0) is 30.4 Å². The standard InChI is InChI=1S/C19H22N2O5S/c22-18(16-13-6-7-14(12-13)17(16)19(23)24)20-8-10-21(11-9-20)27(25,26)15-4-2-1-3-5-15/h1-7,13-14,16-17H,8-12H2,(H,23,24)/t13-,14-,16-,17+/m0/s1. The minimum Gasteiger partial charge on any atom is -0.481 e. The van der Waals surface area contributed by atoms with Gasteiger partial charge in [0.05, 0.1) is 16.7 Å². The lowest BCUT2D eigenvalue weighted by atomic mass is 9.82. The molecule has 2 fully saturated rings. The number of carboxylic acid groups (broad SMARTS) is 1. The maximum absolute atomic E-state index is 13.0. The number of fused-ring (bicyclic) bond motifs is 2. The molecule has 1 amide bonds. The highest BCUT2D eigenvalue weighted by atomic mass is 32.2. The summed E-state index contributed by atoms with van der Waals surface area (Å²) < 4.78 is 26.8. The molecule has 4 atom stereocenters. The molecule has 1 aromatic rings. The molecule has 1 N–H and O–H groups in total. The van der Waals surface area contributed by atoms with Crippen LogP contribution in [0.3, 0.4) is 0 Å². The lowest BCUT2D eigenvalue weighted by Gasteiger charge is -2.37. The fourth-order valence-electron chi connectivity index (χ4n) is 4.60. The van der Waals surface area contributed by atoms with Crippen molar-refractivity contribution in [1.29, 1.82) is 0 Å². The SMILES string of the molecule is O=C(O)[C@H]1[C@@H](C(=O)N2CCN(S(=O)(=O)c3ccccc3)CC2)[C@H]2C=C[C@H]1C2. The Labute approximate surface area is 158 Å². The van der Waals surface area contributed by atoms with Crippen LogP contribution in [0.25, 0.3) is 0 Å². The van der Waals surface area contributed by atoms with Crippen molar-refractivity contribution in [3.8, 4) is 0 Å². The zero-order valence-electron chi connectivity index (χ0n) is 14.8. The molecule has 144 valence electrons. The van der Waals surface area contributed by atoms with E-state index in [-0.39, 0.29) is 48.8 Å². The van der Waals surface area contributed by atoms with Gasteiger partial charge in [0.25, 0.3) is 0 Å². The quantitative estimate of drug-likeness (QED) is 0.775. The number of hydrogen-bond donors (Lipinski definition) is 1. The van der Waals surface area contributed by atoms with Crippen LogP contribution in [0.2, 0.25) is 0 Å². The van der Waals surface area contributed by atoms with Gasteiger partial charge >= 0.3 is 5.97 Å². The molecule has 8 heteroatoms. The van der Waals surface area contributed by atoms with Crippen molar-refractivity contribution >= 4 is 21.9 Å². The monoisotopic (exact) mass is 390 g/mol. The molecule has 27 heavy (non-hydrogen) atoms. The second kappa shape index (κ2) is 6.76. The van der Waals surface area contributed by atoms with Crippen LogP contribution < -0.4 is 0 Å². The first kappa shape index (κ1) is 18.2. The van der Waals surface area contributed by atoms with Gasteiger partial charge in [-0.1, -0.05) is 30.4 Å². The van der Waals surface area contributed by atoms with E-state index in [0.29, 0.717) is 0 Å². The predicted molar refractivity (Wildman–Crippen MR) is 97.1 cm³/mol. The molecule has 0 aromatic heterocycles. The number of nitrogens with zero attached hydrogens (tertiary/aromatic N) is 2. The predicted octanol–water partition coefficient (Wildman–Crippen LogP) is 1.04. The van der Waals surface area contributed by atoms with Gasteiger partial charge in [-0.15, -0.1) is 0 Å². The Hall–Kier alpha value is -2.19. The third-order valence-electron chi connectivity index (χ3n) is 5.96. The minimum absolute atomic E-state index is 0.0188. The first-order chi connectivity index (χ1) is 12.9. The number of amides is 1. The van der Waals surface area contributed by atoms with Crippen LogP contribution >= 0.6 is 0 Å². The third kappa shape index (κ3) is 3.06. The first-order valence-electron chi connectivity index (χ1n) is 9.14. The van der Waals surface area contributed by atoms with E-state index >= 15 is 0 Å². The van der Waals surface area contributed by atoms with Crippen molar-refractivity contribution < 1.29 is 23.1 Å². The Kier molecular flexibility index (Phi) is 4.55. The summed E-state index contributed by atoms with van der Waals surface area (Å²) in [5.74, 6) is -2.37. The summed E-state index contributed by atoms with van der Waals surface area (Å²) >= 11 is 0. The average molecular weight is 390 g/mol. The first-order valence-corrected chi connectivity index (χ1v) is 10.6. The van der Waals surface area contributed by atoms with E-state index in [0.717, 1.165) is 6.42 Å². The van der Waals surface area contributed by atoms with Crippen molar-refractivity contribution in [3.63, 3.8) is 0 Å². The summed E-state index contributed by atoms with van der Waals surface area (Å²) in [7, 11) is -3.57. The lowest BCUT2D eigenvalue weighted by Crippen LogP contribution is -2.53. The van der Waals surface area contributed by atoms with Crippen molar-refractivity contribution in [2.75, 3.05) is 26.2 Å². The van der Waals surface area contributed by atoms with Crippen LogP contribution in [-0.2, 0) is 19.6 Å². The number of sulfonamides is 1. The molecule has 4 rings (SSSR count). The summed E-state index contributed by atoms with van der Waals surface area (Å²) in [4.78, 5) is 26.5. The minimum atomic E-state index is -3.57. The van der Waals surface area contributed by atoms with E-state index in [2.05, 4.69) is 0 Å². The molecule has 0 radical (unpaired) electrons. The van der Waals surface area contributed by atoms with E-state index < -0.39 is 27.8 Å². The van der Waals surface area contributed by atoms with Crippen LogP contribution in [0.4, 0.5) is 0 Å². The summed E-state index contributed by atoms with van der Waals surface area (Å²) in [6.45, 7) is 1.01. The van der Waals surface area contributed by atoms with E-state index in [4.69, 9.17) is 0 Å². The van der Waals surface area contributed by atoms with Crippen molar-refractivity contribution in [1.82, 2.24) is 9.21 Å². The van der Waals surface area contributed by atoms with Gasteiger partial charge in [0, 0.05) is 26.2 Å². The number of carbonyl (C=O) groups is 2. The summed E-state index contributed by atoms with van der Waals surface area (Å²) in [5, 5.41) is 9.54. The molecule has 1 aliphatic heterocycles. The molecule has 1 saturated carbocycles. The van der Waals surface area contributed by atoms with Crippen molar-refractivity contribution in [2.24, 2.45) is 23.7 Å². The Morgan fingerprint density at radius 2 is 1.52 bits per heavy atom. The van der Waals surface area contributed by atoms with E-state index in [1.54, 1.807) is 35.2 Å². The van der Waals surface area contributed by atoms with Gasteiger partial charge in [0.15, 0.2) is 0 Å². The molecule has 2 bridgehead atoms. The van der Waals surface area contributed by atoms with Gasteiger partial charge in [0.1, 0.15) is 0 Å². The molecular weight excluding hydrogens is 368 g/mol. The number of hydrogen-bond acceptors (Lipinski definition) is 4. The van der Waals surface area contributed by atoms with Crippen LogP contribution in [0.5, 0.6) is 0 Å². The van der Waals surface area contributed by atoms with Gasteiger partial charge in [-0.2, -0.15) is 4.31 Å². The highest BCUT2D eigenvalue weighted by molar-refractivity contribution is 7.89. The molecule has 2 aliphatic carbocycles. The molecule has 1 heterocycles. The average Bonchev–Trinajstić information content (AvgIpc) is 3.29. The van der Waals surface area contributed by atoms with E-state index in [1.807, 2.05) is 12.2 Å². The van der Waals surface area contributed by atoms with Gasteiger partial charge in [-0.25, -0.2) is 8.42 Å². The fraction of sp³-hybridized carbons (Fsp3) is 0.474. The Morgan fingerprint density at radius 1 is 0.926 bits per heavy atom. The molecule has 7 nitrogen and oxygen atoms in total. The van der Waals surface area contributed by atoms with Crippen LogP contribution in [0.15, 0.2) is 47.4 Å². The number of rotatable bonds is 4. The van der Waals surface area contributed by atoms with Crippen LogP contribution in [0, 0.1) is 23.7 Å². The number of aliphatic carboxylic acids is 1. The summed E-state index contributed by atoms with van der Waals surface area (Å²) in [6, 6.07) is 8.25. The largest absolute Gasteiger partial charge is 0.481 e. The number of piperazine rings is 1. The van der Waals surface area contributed by atoms with Gasteiger partial charge < -0.3 is 10.0 Å². The molecule has 1 aromatic carbocycles.